The number of aryl methyl sites for hydroxylation is 2. The monoisotopic (exact) mass is 418 g/mol. The zero-order chi connectivity index (χ0) is 22.4. The van der Waals surface area contributed by atoms with Gasteiger partial charge in [0, 0.05) is 11.1 Å². The summed E-state index contributed by atoms with van der Waals surface area (Å²) in [6.07, 6.45) is -1.01. The van der Waals surface area contributed by atoms with Crippen molar-refractivity contribution in [3.05, 3.63) is 94.5 Å². The molecule has 0 fully saturated rings. The lowest BCUT2D eigenvalue weighted by Gasteiger charge is -2.18. The predicted molar refractivity (Wildman–Crippen MR) is 119 cm³/mol. The fraction of sp³-hybridized carbons (Fsp3) is 0.231. The Labute approximate surface area is 182 Å². The first-order chi connectivity index (χ1) is 14.9. The van der Waals surface area contributed by atoms with Crippen molar-refractivity contribution in [3.8, 4) is 11.5 Å². The van der Waals surface area contributed by atoms with Crippen LogP contribution in [0.15, 0.2) is 66.7 Å². The fourth-order valence-corrected chi connectivity index (χ4v) is 3.21. The van der Waals surface area contributed by atoms with Gasteiger partial charge >= 0.3 is 5.97 Å². The molecule has 0 aromatic heterocycles. The molecule has 0 saturated heterocycles. The Hall–Kier alpha value is -3.60. The average molecular weight is 418 g/mol. The molecule has 0 heterocycles. The minimum atomic E-state index is -1.02. The first-order valence-corrected chi connectivity index (χ1v) is 9.99. The molecule has 31 heavy (non-hydrogen) atoms. The summed E-state index contributed by atoms with van der Waals surface area (Å²) >= 11 is 0. The van der Waals surface area contributed by atoms with E-state index in [0.717, 1.165) is 11.1 Å². The third-order valence-corrected chi connectivity index (χ3v) is 5.00. The van der Waals surface area contributed by atoms with Gasteiger partial charge in [-0.05, 0) is 31.5 Å². The highest BCUT2D eigenvalue weighted by Gasteiger charge is 2.26. The summed E-state index contributed by atoms with van der Waals surface area (Å²) in [5, 5.41) is 0. The number of Topliss-reactive ketones (excluding diaryl/α,β-unsaturated/α-hetero) is 1. The Morgan fingerprint density at radius 1 is 0.774 bits per heavy atom. The second-order valence-corrected chi connectivity index (χ2v) is 7.38. The van der Waals surface area contributed by atoms with Gasteiger partial charge in [-0.3, -0.25) is 9.59 Å². The summed E-state index contributed by atoms with van der Waals surface area (Å²) in [7, 11) is 3.09. The standard InChI is InChI=1S/C26H26O5/c1-17-5-10-20(11-6-17)25(28)26(21-12-7-18(2)8-13-21)31-24(27)16-19-9-14-22(29-3)23(15-19)30-4/h5-15,26H,16H2,1-4H3/t26-/m1/s1. The first kappa shape index (κ1) is 22.1. The molecule has 160 valence electrons. The van der Waals surface area contributed by atoms with Crippen molar-refractivity contribution in [3.63, 3.8) is 0 Å². The average Bonchev–Trinajstić information content (AvgIpc) is 2.78. The Kier molecular flexibility index (Phi) is 7.08. The summed E-state index contributed by atoms with van der Waals surface area (Å²) in [4.78, 5) is 26.0. The van der Waals surface area contributed by atoms with E-state index in [-0.39, 0.29) is 12.2 Å². The van der Waals surface area contributed by atoms with Gasteiger partial charge < -0.3 is 14.2 Å². The van der Waals surface area contributed by atoms with Gasteiger partial charge in [-0.15, -0.1) is 0 Å². The summed E-state index contributed by atoms with van der Waals surface area (Å²) in [6, 6.07) is 19.9. The lowest BCUT2D eigenvalue weighted by molar-refractivity contribution is -0.146. The fourth-order valence-electron chi connectivity index (χ4n) is 3.21. The normalized spacial score (nSPS) is 11.5. The SMILES string of the molecule is COc1ccc(CC(=O)O[C@@H](C(=O)c2ccc(C)cc2)c2ccc(C)cc2)cc1OC. The number of ether oxygens (including phenoxy) is 3. The second-order valence-electron chi connectivity index (χ2n) is 7.38. The number of ketones is 1. The molecule has 5 nitrogen and oxygen atoms in total. The van der Waals surface area contributed by atoms with Crippen LogP contribution in [0.4, 0.5) is 0 Å². The number of benzene rings is 3. The Morgan fingerprint density at radius 3 is 1.94 bits per heavy atom. The maximum Gasteiger partial charge on any atom is 0.311 e. The van der Waals surface area contributed by atoms with E-state index in [1.807, 2.05) is 50.2 Å². The van der Waals surface area contributed by atoms with Crippen LogP contribution in [-0.2, 0) is 16.0 Å². The number of esters is 1. The number of methoxy groups -OCH3 is 2. The molecule has 3 rings (SSSR count). The van der Waals surface area contributed by atoms with Crippen LogP contribution in [0.3, 0.4) is 0 Å². The molecule has 3 aromatic rings. The Morgan fingerprint density at radius 2 is 1.35 bits per heavy atom. The molecule has 5 heteroatoms. The molecule has 1 atom stereocenters. The number of carbonyl (C=O) groups is 2. The van der Waals surface area contributed by atoms with Gasteiger partial charge in [0.25, 0.3) is 0 Å². The zero-order valence-electron chi connectivity index (χ0n) is 18.2. The van der Waals surface area contributed by atoms with Gasteiger partial charge in [0.15, 0.2) is 17.6 Å². The molecule has 0 aliphatic heterocycles. The Balaban J connectivity index is 1.84. The highest BCUT2D eigenvalue weighted by molar-refractivity contribution is 6.01. The summed E-state index contributed by atoms with van der Waals surface area (Å²) in [5.74, 6) is 0.341. The molecule has 0 amide bonds. The van der Waals surface area contributed by atoms with E-state index in [1.165, 1.54) is 7.11 Å². The molecule has 0 unspecified atom stereocenters. The molecule has 0 saturated carbocycles. The van der Waals surface area contributed by atoms with Crippen LogP contribution in [0.1, 0.15) is 38.7 Å². The zero-order valence-corrected chi connectivity index (χ0v) is 18.2. The van der Waals surface area contributed by atoms with Crippen LogP contribution in [0.25, 0.3) is 0 Å². The Bertz CT molecular complexity index is 1050. The van der Waals surface area contributed by atoms with E-state index >= 15 is 0 Å². The number of hydrogen-bond acceptors (Lipinski definition) is 5. The molecule has 0 bridgehead atoms. The van der Waals surface area contributed by atoms with Gasteiger partial charge in [0.1, 0.15) is 0 Å². The van der Waals surface area contributed by atoms with Crippen LogP contribution in [-0.4, -0.2) is 26.0 Å². The first-order valence-electron chi connectivity index (χ1n) is 9.99. The number of carbonyl (C=O) groups excluding carboxylic acids is 2. The highest BCUT2D eigenvalue weighted by atomic mass is 16.5. The topological polar surface area (TPSA) is 61.8 Å². The van der Waals surface area contributed by atoms with Crippen LogP contribution in [0.5, 0.6) is 11.5 Å². The van der Waals surface area contributed by atoms with E-state index < -0.39 is 12.1 Å². The van der Waals surface area contributed by atoms with E-state index in [9.17, 15) is 9.59 Å². The van der Waals surface area contributed by atoms with Crippen molar-refractivity contribution in [2.45, 2.75) is 26.4 Å². The molecule has 0 spiro atoms. The van der Waals surface area contributed by atoms with Crippen LogP contribution >= 0.6 is 0 Å². The summed E-state index contributed by atoms with van der Waals surface area (Å²) in [6.45, 7) is 3.92. The maximum atomic E-state index is 13.2. The van der Waals surface area contributed by atoms with E-state index in [1.54, 1.807) is 37.4 Å². The molecule has 0 radical (unpaired) electrons. The van der Waals surface area contributed by atoms with Crippen molar-refractivity contribution in [2.75, 3.05) is 14.2 Å². The summed E-state index contributed by atoms with van der Waals surface area (Å²) < 4.78 is 16.2. The predicted octanol–water partition coefficient (Wildman–Crippen LogP) is 5.03. The van der Waals surface area contributed by atoms with Crippen molar-refractivity contribution in [2.24, 2.45) is 0 Å². The van der Waals surface area contributed by atoms with Crippen LogP contribution in [0.2, 0.25) is 0 Å². The minimum absolute atomic E-state index is 0.00386. The summed E-state index contributed by atoms with van der Waals surface area (Å²) in [5.41, 5.74) is 3.94. The van der Waals surface area contributed by atoms with Crippen molar-refractivity contribution in [1.29, 1.82) is 0 Å². The molecule has 0 N–H and O–H groups in total. The number of hydrogen-bond donors (Lipinski definition) is 0. The minimum Gasteiger partial charge on any atom is -0.493 e. The van der Waals surface area contributed by atoms with Crippen molar-refractivity contribution >= 4 is 11.8 Å². The quantitative estimate of drug-likeness (QED) is 0.379. The smallest absolute Gasteiger partial charge is 0.311 e. The van der Waals surface area contributed by atoms with Gasteiger partial charge in [-0.1, -0.05) is 65.7 Å². The van der Waals surface area contributed by atoms with Crippen molar-refractivity contribution in [1.82, 2.24) is 0 Å². The second kappa shape index (κ2) is 9.94. The van der Waals surface area contributed by atoms with Gasteiger partial charge in [-0.2, -0.15) is 0 Å². The highest BCUT2D eigenvalue weighted by Crippen LogP contribution is 2.29. The van der Waals surface area contributed by atoms with Crippen LogP contribution < -0.4 is 9.47 Å². The maximum absolute atomic E-state index is 13.2. The molecular weight excluding hydrogens is 392 g/mol. The number of rotatable bonds is 8. The van der Waals surface area contributed by atoms with E-state index in [4.69, 9.17) is 14.2 Å². The molecule has 3 aromatic carbocycles. The van der Waals surface area contributed by atoms with Crippen molar-refractivity contribution < 1.29 is 23.8 Å². The largest absolute Gasteiger partial charge is 0.493 e. The lowest BCUT2D eigenvalue weighted by atomic mass is 9.98. The molecular formula is C26H26O5. The van der Waals surface area contributed by atoms with Crippen LogP contribution in [0, 0.1) is 13.8 Å². The third kappa shape index (κ3) is 5.51. The lowest BCUT2D eigenvalue weighted by Crippen LogP contribution is -2.21. The van der Waals surface area contributed by atoms with Gasteiger partial charge in [0.05, 0.1) is 20.6 Å². The molecule has 0 aliphatic carbocycles. The third-order valence-electron chi connectivity index (χ3n) is 5.00. The molecule has 0 aliphatic rings. The van der Waals surface area contributed by atoms with Gasteiger partial charge in [0.2, 0.25) is 5.78 Å². The van der Waals surface area contributed by atoms with Gasteiger partial charge in [-0.25, -0.2) is 0 Å². The van der Waals surface area contributed by atoms with E-state index in [0.29, 0.717) is 28.2 Å². The van der Waals surface area contributed by atoms with E-state index in [2.05, 4.69) is 0 Å².